The molecule has 0 radical (unpaired) electrons. The van der Waals surface area contributed by atoms with Crippen LogP contribution in [0.5, 0.6) is 5.75 Å². The minimum Gasteiger partial charge on any atom is -0.495 e. The maximum absolute atomic E-state index is 12.0. The quantitative estimate of drug-likeness (QED) is 0.350. The SMILES string of the molecule is COc1ccc([N+](=O)[O-])cc1NC(=O)COC(=O)c1cccc(C)c1N. The zero-order chi connectivity index (χ0) is 19.3. The molecule has 26 heavy (non-hydrogen) atoms. The van der Waals surface area contributed by atoms with E-state index in [0.29, 0.717) is 5.56 Å². The Kier molecular flexibility index (Phi) is 5.74. The van der Waals surface area contributed by atoms with Crippen molar-refractivity contribution >= 4 is 28.9 Å². The van der Waals surface area contributed by atoms with E-state index >= 15 is 0 Å². The Balaban J connectivity index is 2.05. The number of para-hydroxylation sites is 1. The molecular formula is C17H17N3O6. The largest absolute Gasteiger partial charge is 0.495 e. The predicted molar refractivity (Wildman–Crippen MR) is 94.2 cm³/mol. The fourth-order valence-electron chi connectivity index (χ4n) is 2.16. The molecule has 9 nitrogen and oxygen atoms in total. The van der Waals surface area contributed by atoms with Crippen molar-refractivity contribution in [1.29, 1.82) is 0 Å². The number of methoxy groups -OCH3 is 1. The zero-order valence-electron chi connectivity index (χ0n) is 14.1. The normalized spacial score (nSPS) is 10.1. The number of nitrogens with zero attached hydrogens (tertiary/aromatic N) is 1. The molecule has 0 atom stereocenters. The predicted octanol–water partition coefficient (Wildman–Crippen LogP) is 2.29. The van der Waals surface area contributed by atoms with Crippen molar-refractivity contribution in [2.75, 3.05) is 24.8 Å². The Labute approximate surface area is 148 Å². The van der Waals surface area contributed by atoms with Gasteiger partial charge in [0.05, 0.1) is 23.3 Å². The number of nitro benzene ring substituents is 1. The van der Waals surface area contributed by atoms with Gasteiger partial charge in [-0.15, -0.1) is 0 Å². The molecule has 136 valence electrons. The number of non-ortho nitro benzene ring substituents is 1. The van der Waals surface area contributed by atoms with Crippen LogP contribution in [0.15, 0.2) is 36.4 Å². The van der Waals surface area contributed by atoms with Gasteiger partial charge in [-0.05, 0) is 24.6 Å². The maximum atomic E-state index is 12.0. The Morgan fingerprint density at radius 3 is 2.65 bits per heavy atom. The van der Waals surface area contributed by atoms with Gasteiger partial charge in [0, 0.05) is 17.8 Å². The van der Waals surface area contributed by atoms with Gasteiger partial charge in [-0.3, -0.25) is 14.9 Å². The highest BCUT2D eigenvalue weighted by Gasteiger charge is 2.17. The van der Waals surface area contributed by atoms with Crippen LogP contribution in [0, 0.1) is 17.0 Å². The molecule has 0 saturated carbocycles. The van der Waals surface area contributed by atoms with E-state index in [-0.39, 0.29) is 28.4 Å². The summed E-state index contributed by atoms with van der Waals surface area (Å²) in [7, 11) is 1.36. The average molecular weight is 359 g/mol. The smallest absolute Gasteiger partial charge is 0.340 e. The minimum absolute atomic E-state index is 0.0952. The summed E-state index contributed by atoms with van der Waals surface area (Å²) in [6, 6.07) is 8.63. The number of anilines is 2. The molecule has 0 spiro atoms. The Hall–Kier alpha value is -3.62. The van der Waals surface area contributed by atoms with Gasteiger partial charge in [0.25, 0.3) is 11.6 Å². The summed E-state index contributed by atoms with van der Waals surface area (Å²) >= 11 is 0. The average Bonchev–Trinajstić information content (AvgIpc) is 2.61. The lowest BCUT2D eigenvalue weighted by Gasteiger charge is -2.11. The molecule has 0 saturated heterocycles. The number of aryl methyl sites for hydroxylation is 1. The molecule has 9 heteroatoms. The molecule has 0 heterocycles. The van der Waals surface area contributed by atoms with Crippen LogP contribution in [0.25, 0.3) is 0 Å². The summed E-state index contributed by atoms with van der Waals surface area (Å²) in [5.41, 5.74) is 6.84. The van der Waals surface area contributed by atoms with Crippen molar-refractivity contribution < 1.29 is 24.0 Å². The van der Waals surface area contributed by atoms with Crippen molar-refractivity contribution in [3.8, 4) is 5.75 Å². The third-order valence-electron chi connectivity index (χ3n) is 3.55. The molecule has 0 aromatic heterocycles. The maximum Gasteiger partial charge on any atom is 0.340 e. The number of rotatable bonds is 6. The summed E-state index contributed by atoms with van der Waals surface area (Å²) in [4.78, 5) is 34.3. The van der Waals surface area contributed by atoms with Crippen molar-refractivity contribution in [2.45, 2.75) is 6.92 Å². The van der Waals surface area contributed by atoms with E-state index < -0.39 is 23.4 Å². The summed E-state index contributed by atoms with van der Waals surface area (Å²) in [6.45, 7) is 1.16. The standard InChI is InChI=1S/C17H17N3O6/c1-10-4-3-5-12(16(10)18)17(22)26-9-15(21)19-13-8-11(20(23)24)6-7-14(13)25-2/h3-8H,9,18H2,1-2H3,(H,19,21). The number of benzene rings is 2. The highest BCUT2D eigenvalue weighted by atomic mass is 16.6. The second-order valence-corrected chi connectivity index (χ2v) is 5.30. The first kappa shape index (κ1) is 18.7. The van der Waals surface area contributed by atoms with E-state index in [2.05, 4.69) is 5.32 Å². The first-order valence-corrected chi connectivity index (χ1v) is 7.48. The number of nitrogen functional groups attached to an aromatic ring is 1. The van der Waals surface area contributed by atoms with Crippen LogP contribution in [-0.2, 0) is 9.53 Å². The topological polar surface area (TPSA) is 134 Å². The van der Waals surface area contributed by atoms with Gasteiger partial charge in [-0.25, -0.2) is 4.79 Å². The molecule has 0 aliphatic rings. The van der Waals surface area contributed by atoms with Gasteiger partial charge in [-0.2, -0.15) is 0 Å². The number of carbonyl (C=O) groups is 2. The molecule has 0 unspecified atom stereocenters. The van der Waals surface area contributed by atoms with Crippen LogP contribution < -0.4 is 15.8 Å². The van der Waals surface area contributed by atoms with Crippen LogP contribution in [-0.4, -0.2) is 30.5 Å². The van der Waals surface area contributed by atoms with E-state index in [0.717, 1.165) is 6.07 Å². The van der Waals surface area contributed by atoms with Crippen LogP contribution in [0.2, 0.25) is 0 Å². The second kappa shape index (κ2) is 7.97. The van der Waals surface area contributed by atoms with Gasteiger partial charge in [0.15, 0.2) is 6.61 Å². The van der Waals surface area contributed by atoms with Crippen LogP contribution in [0.3, 0.4) is 0 Å². The Morgan fingerprint density at radius 1 is 1.27 bits per heavy atom. The molecule has 0 aliphatic carbocycles. The van der Waals surface area contributed by atoms with Crippen molar-refractivity contribution in [3.05, 3.63) is 57.6 Å². The lowest BCUT2D eigenvalue weighted by atomic mass is 10.1. The summed E-state index contributed by atoms with van der Waals surface area (Å²) in [6.07, 6.45) is 0. The van der Waals surface area contributed by atoms with E-state index in [1.807, 2.05) is 0 Å². The molecule has 0 aliphatic heterocycles. The Morgan fingerprint density at radius 2 is 2.00 bits per heavy atom. The second-order valence-electron chi connectivity index (χ2n) is 5.30. The number of hydrogen-bond acceptors (Lipinski definition) is 7. The van der Waals surface area contributed by atoms with Gasteiger partial charge in [-0.1, -0.05) is 12.1 Å². The monoisotopic (exact) mass is 359 g/mol. The minimum atomic E-state index is -0.743. The molecule has 2 aromatic carbocycles. The molecule has 2 aromatic rings. The van der Waals surface area contributed by atoms with Gasteiger partial charge in [0.1, 0.15) is 5.75 Å². The lowest BCUT2D eigenvalue weighted by Crippen LogP contribution is -2.21. The first-order chi connectivity index (χ1) is 12.3. The Bertz CT molecular complexity index is 866. The van der Waals surface area contributed by atoms with E-state index in [1.165, 1.54) is 25.3 Å². The van der Waals surface area contributed by atoms with E-state index in [1.54, 1.807) is 19.1 Å². The van der Waals surface area contributed by atoms with E-state index in [9.17, 15) is 19.7 Å². The summed E-state index contributed by atoms with van der Waals surface area (Å²) in [5.74, 6) is -1.19. The van der Waals surface area contributed by atoms with Gasteiger partial charge in [0.2, 0.25) is 0 Å². The summed E-state index contributed by atoms with van der Waals surface area (Å²) in [5, 5.41) is 13.3. The molecular weight excluding hydrogens is 342 g/mol. The van der Waals surface area contributed by atoms with E-state index in [4.69, 9.17) is 15.2 Å². The van der Waals surface area contributed by atoms with Crippen LogP contribution in [0.4, 0.5) is 17.1 Å². The molecule has 3 N–H and O–H groups in total. The van der Waals surface area contributed by atoms with Crippen molar-refractivity contribution in [2.24, 2.45) is 0 Å². The number of nitro groups is 1. The van der Waals surface area contributed by atoms with Crippen LogP contribution in [0.1, 0.15) is 15.9 Å². The molecule has 1 amide bonds. The van der Waals surface area contributed by atoms with Gasteiger partial charge < -0.3 is 20.5 Å². The number of carbonyl (C=O) groups excluding carboxylic acids is 2. The first-order valence-electron chi connectivity index (χ1n) is 7.48. The highest BCUT2D eigenvalue weighted by Crippen LogP contribution is 2.28. The molecule has 0 bridgehead atoms. The van der Waals surface area contributed by atoms with Crippen molar-refractivity contribution in [3.63, 3.8) is 0 Å². The number of ether oxygens (including phenoxy) is 2. The molecule has 2 rings (SSSR count). The number of nitrogens with two attached hydrogens (primary N) is 1. The number of esters is 1. The lowest BCUT2D eigenvalue weighted by molar-refractivity contribution is -0.384. The van der Waals surface area contributed by atoms with Crippen LogP contribution >= 0.6 is 0 Å². The zero-order valence-corrected chi connectivity index (χ0v) is 14.1. The van der Waals surface area contributed by atoms with Gasteiger partial charge >= 0.3 is 5.97 Å². The number of nitrogens with one attached hydrogen (secondary N) is 1. The molecule has 0 fully saturated rings. The third-order valence-corrected chi connectivity index (χ3v) is 3.55. The fourth-order valence-corrected chi connectivity index (χ4v) is 2.16. The third kappa shape index (κ3) is 4.26. The fraction of sp³-hybridized carbons (Fsp3) is 0.176. The number of amides is 1. The highest BCUT2D eigenvalue weighted by molar-refractivity contribution is 5.99. The number of hydrogen-bond donors (Lipinski definition) is 2. The van der Waals surface area contributed by atoms with Crippen molar-refractivity contribution in [1.82, 2.24) is 0 Å². The summed E-state index contributed by atoms with van der Waals surface area (Å²) < 4.78 is 9.99.